The SMILES string of the molecule is CS(=O)(=O)N(CC(=O)N(Cc1ccccc1F)[C@@H](Cc1ccccc1)C(=O)NC1CCCC1)c1ccc(I)cc1. The number of hydrogen-bond acceptors (Lipinski definition) is 4. The van der Waals surface area contributed by atoms with Crippen molar-refractivity contribution in [2.24, 2.45) is 0 Å². The minimum absolute atomic E-state index is 0.00972. The van der Waals surface area contributed by atoms with Crippen LogP contribution in [-0.4, -0.2) is 50.0 Å². The summed E-state index contributed by atoms with van der Waals surface area (Å²) in [5.41, 5.74) is 1.40. The lowest BCUT2D eigenvalue weighted by atomic mass is 10.0. The van der Waals surface area contributed by atoms with E-state index in [9.17, 15) is 22.4 Å². The molecule has 0 bridgehead atoms. The number of rotatable bonds is 11. The van der Waals surface area contributed by atoms with Gasteiger partial charge in [0, 0.05) is 28.1 Å². The van der Waals surface area contributed by atoms with Gasteiger partial charge >= 0.3 is 0 Å². The number of nitrogens with zero attached hydrogens (tertiary/aromatic N) is 2. The molecule has 3 aromatic rings. The van der Waals surface area contributed by atoms with Crippen molar-refractivity contribution in [1.29, 1.82) is 0 Å². The molecule has 0 aliphatic heterocycles. The standard InChI is InChI=1S/C30H33FIN3O4S/c1-40(38,39)35(26-17-15-24(32)16-18-26)21-29(36)34(20-23-11-5-8-14-27(23)31)28(19-22-9-3-2-4-10-22)30(37)33-25-12-6-7-13-25/h2-5,8-11,14-18,25,28H,6-7,12-13,19-21H2,1H3,(H,33,37)/t28-/m0/s1. The lowest BCUT2D eigenvalue weighted by molar-refractivity contribution is -0.140. The Morgan fingerprint density at radius 3 is 2.23 bits per heavy atom. The molecule has 0 aromatic heterocycles. The molecule has 1 fully saturated rings. The Labute approximate surface area is 248 Å². The summed E-state index contributed by atoms with van der Waals surface area (Å²) >= 11 is 2.12. The summed E-state index contributed by atoms with van der Waals surface area (Å²) < 4.78 is 42.4. The van der Waals surface area contributed by atoms with E-state index in [2.05, 4.69) is 27.9 Å². The highest BCUT2D eigenvalue weighted by atomic mass is 127. The second-order valence-electron chi connectivity index (χ2n) is 10.1. The Hall–Kier alpha value is -2.99. The van der Waals surface area contributed by atoms with E-state index < -0.39 is 34.3 Å². The van der Waals surface area contributed by atoms with Crippen LogP contribution in [0.15, 0.2) is 78.9 Å². The number of halogens is 2. The van der Waals surface area contributed by atoms with Crippen LogP contribution in [0.25, 0.3) is 0 Å². The van der Waals surface area contributed by atoms with Crippen LogP contribution in [0.5, 0.6) is 0 Å². The van der Waals surface area contributed by atoms with Gasteiger partial charge in [0.1, 0.15) is 18.4 Å². The minimum atomic E-state index is -3.86. The minimum Gasteiger partial charge on any atom is -0.352 e. The van der Waals surface area contributed by atoms with Gasteiger partial charge in [-0.05, 0) is 71.3 Å². The van der Waals surface area contributed by atoms with Crippen LogP contribution in [-0.2, 0) is 32.6 Å². The first kappa shape index (κ1) is 30.0. The lowest BCUT2D eigenvalue weighted by Gasteiger charge is -2.34. The van der Waals surface area contributed by atoms with E-state index in [4.69, 9.17) is 0 Å². The molecule has 3 aromatic carbocycles. The summed E-state index contributed by atoms with van der Waals surface area (Å²) in [4.78, 5) is 29.1. The molecule has 0 spiro atoms. The third kappa shape index (κ3) is 8.03. The largest absolute Gasteiger partial charge is 0.352 e. The van der Waals surface area contributed by atoms with Gasteiger partial charge in [0.15, 0.2) is 0 Å². The number of nitrogens with one attached hydrogen (secondary N) is 1. The van der Waals surface area contributed by atoms with Gasteiger partial charge < -0.3 is 10.2 Å². The van der Waals surface area contributed by atoms with Crippen LogP contribution < -0.4 is 9.62 Å². The van der Waals surface area contributed by atoms with E-state index in [-0.39, 0.29) is 30.5 Å². The first-order valence-electron chi connectivity index (χ1n) is 13.2. The zero-order valence-corrected chi connectivity index (χ0v) is 25.3. The third-order valence-corrected chi connectivity index (χ3v) is 8.92. The van der Waals surface area contributed by atoms with Crippen molar-refractivity contribution in [3.05, 3.63) is 99.4 Å². The normalized spacial score (nSPS) is 14.5. The summed E-state index contributed by atoms with van der Waals surface area (Å²) in [6.45, 7) is -0.721. The van der Waals surface area contributed by atoms with Gasteiger partial charge in [0.05, 0.1) is 11.9 Å². The average Bonchev–Trinajstić information content (AvgIpc) is 3.44. The molecule has 212 valence electrons. The summed E-state index contributed by atoms with van der Waals surface area (Å²) in [6, 6.07) is 21.2. The van der Waals surface area contributed by atoms with Crippen LogP contribution in [0.2, 0.25) is 0 Å². The zero-order valence-electron chi connectivity index (χ0n) is 22.3. The molecule has 1 aliphatic rings. The lowest BCUT2D eigenvalue weighted by Crippen LogP contribution is -2.54. The molecule has 1 N–H and O–H groups in total. The molecular weight excluding hydrogens is 644 g/mol. The molecule has 4 rings (SSSR count). The van der Waals surface area contributed by atoms with Crippen molar-refractivity contribution in [2.75, 3.05) is 17.1 Å². The quantitative estimate of drug-likeness (QED) is 0.293. The summed E-state index contributed by atoms with van der Waals surface area (Å²) in [5, 5.41) is 3.10. The second-order valence-corrected chi connectivity index (χ2v) is 13.2. The zero-order chi connectivity index (χ0) is 28.7. The fraction of sp³-hybridized carbons (Fsp3) is 0.333. The van der Waals surface area contributed by atoms with Gasteiger partial charge in [0.25, 0.3) is 0 Å². The van der Waals surface area contributed by atoms with Crippen LogP contribution in [0.3, 0.4) is 0 Å². The van der Waals surface area contributed by atoms with E-state index in [0.717, 1.165) is 45.4 Å². The molecule has 0 heterocycles. The number of hydrogen-bond donors (Lipinski definition) is 1. The van der Waals surface area contributed by atoms with E-state index in [1.807, 2.05) is 30.3 Å². The maximum Gasteiger partial charge on any atom is 0.244 e. The molecule has 10 heteroatoms. The predicted molar refractivity (Wildman–Crippen MR) is 163 cm³/mol. The molecule has 0 radical (unpaired) electrons. The smallest absolute Gasteiger partial charge is 0.244 e. The van der Waals surface area contributed by atoms with Gasteiger partial charge in [-0.15, -0.1) is 0 Å². The highest BCUT2D eigenvalue weighted by Gasteiger charge is 2.34. The Kier molecular flexibility index (Phi) is 10.2. The topological polar surface area (TPSA) is 86.8 Å². The Morgan fingerprint density at radius 1 is 0.975 bits per heavy atom. The molecule has 1 atom stereocenters. The molecule has 0 saturated heterocycles. The third-order valence-electron chi connectivity index (χ3n) is 7.06. The van der Waals surface area contributed by atoms with E-state index in [1.54, 1.807) is 42.5 Å². The first-order valence-corrected chi connectivity index (χ1v) is 16.1. The number of sulfonamides is 1. The maximum absolute atomic E-state index is 14.8. The second kappa shape index (κ2) is 13.6. The number of amides is 2. The van der Waals surface area contributed by atoms with Gasteiger partial charge in [0.2, 0.25) is 21.8 Å². The van der Waals surface area contributed by atoms with E-state index >= 15 is 0 Å². The van der Waals surface area contributed by atoms with Crippen molar-refractivity contribution in [3.63, 3.8) is 0 Å². The number of benzene rings is 3. The first-order chi connectivity index (χ1) is 19.1. The average molecular weight is 678 g/mol. The number of carbonyl (C=O) groups excluding carboxylic acids is 2. The molecular formula is C30H33FIN3O4S. The molecule has 0 unspecified atom stereocenters. The molecule has 1 aliphatic carbocycles. The van der Waals surface area contributed by atoms with Gasteiger partial charge in [-0.1, -0.05) is 61.4 Å². The molecule has 7 nitrogen and oxygen atoms in total. The fourth-order valence-electron chi connectivity index (χ4n) is 4.95. The van der Waals surface area contributed by atoms with Crippen molar-refractivity contribution >= 4 is 50.1 Å². The number of anilines is 1. The monoisotopic (exact) mass is 677 g/mol. The van der Waals surface area contributed by atoms with Crippen molar-refractivity contribution in [3.8, 4) is 0 Å². The Bertz CT molecular complexity index is 1410. The summed E-state index contributed by atoms with van der Waals surface area (Å²) in [7, 11) is -3.86. The molecule has 2 amide bonds. The Morgan fingerprint density at radius 2 is 1.60 bits per heavy atom. The maximum atomic E-state index is 14.8. The van der Waals surface area contributed by atoms with Gasteiger partial charge in [-0.25, -0.2) is 12.8 Å². The predicted octanol–water partition coefficient (Wildman–Crippen LogP) is 4.90. The van der Waals surface area contributed by atoms with Gasteiger partial charge in [-0.2, -0.15) is 0 Å². The van der Waals surface area contributed by atoms with E-state index in [1.165, 1.54) is 11.0 Å². The molecule has 1 saturated carbocycles. The van der Waals surface area contributed by atoms with Gasteiger partial charge in [-0.3, -0.25) is 13.9 Å². The molecule has 40 heavy (non-hydrogen) atoms. The van der Waals surface area contributed by atoms with Crippen molar-refractivity contribution in [2.45, 2.75) is 50.7 Å². The van der Waals surface area contributed by atoms with Crippen LogP contribution in [0.4, 0.5) is 10.1 Å². The highest BCUT2D eigenvalue weighted by Crippen LogP contribution is 2.23. The summed E-state index contributed by atoms with van der Waals surface area (Å²) in [6.07, 6.45) is 4.99. The Balaban J connectivity index is 1.72. The number of carbonyl (C=O) groups is 2. The van der Waals surface area contributed by atoms with Crippen LogP contribution in [0, 0.1) is 9.39 Å². The highest BCUT2D eigenvalue weighted by molar-refractivity contribution is 14.1. The van der Waals surface area contributed by atoms with Crippen LogP contribution >= 0.6 is 22.6 Å². The van der Waals surface area contributed by atoms with Crippen molar-refractivity contribution < 1.29 is 22.4 Å². The van der Waals surface area contributed by atoms with Crippen LogP contribution in [0.1, 0.15) is 36.8 Å². The van der Waals surface area contributed by atoms with E-state index in [0.29, 0.717) is 5.69 Å². The van der Waals surface area contributed by atoms with Crippen molar-refractivity contribution in [1.82, 2.24) is 10.2 Å². The summed E-state index contributed by atoms with van der Waals surface area (Å²) in [5.74, 6) is -1.44. The fourth-order valence-corrected chi connectivity index (χ4v) is 6.16.